The summed E-state index contributed by atoms with van der Waals surface area (Å²) in [5.41, 5.74) is 1.60. The van der Waals surface area contributed by atoms with Gasteiger partial charge in [-0.3, -0.25) is 19.6 Å². The van der Waals surface area contributed by atoms with Gasteiger partial charge in [-0.05, 0) is 28.8 Å². The normalized spacial score (nSPS) is 13.1. The monoisotopic (exact) mass is 508 g/mol. The van der Waals surface area contributed by atoms with Gasteiger partial charge in [-0.2, -0.15) is 18.3 Å². The van der Waals surface area contributed by atoms with Gasteiger partial charge in [-0.1, -0.05) is 36.4 Å². The Balaban J connectivity index is 1.38. The standard InChI is InChI=1S/C26H19F3N4O4/c1-31-14-19(12-30-31)17-7-5-16(6-8-17)13-32-15-18-3-2-4-23(24(18)25(32)34)37-22-10-9-20(33(35)36)11-21(22)26(27,28)29/h2-12,14H,13,15H2,1H3. The predicted octanol–water partition coefficient (Wildman–Crippen LogP) is 5.96. The number of hydrogen-bond acceptors (Lipinski definition) is 5. The Labute approximate surface area is 208 Å². The second-order valence-electron chi connectivity index (χ2n) is 8.59. The molecule has 1 aromatic heterocycles. The average molecular weight is 508 g/mol. The van der Waals surface area contributed by atoms with E-state index in [1.807, 2.05) is 37.5 Å². The molecule has 0 aliphatic carbocycles. The minimum absolute atomic E-state index is 0.0451. The van der Waals surface area contributed by atoms with E-state index in [1.165, 1.54) is 6.07 Å². The van der Waals surface area contributed by atoms with Gasteiger partial charge in [0.1, 0.15) is 17.1 Å². The number of nitro groups is 1. The van der Waals surface area contributed by atoms with Crippen LogP contribution < -0.4 is 4.74 Å². The highest BCUT2D eigenvalue weighted by atomic mass is 19.4. The molecule has 0 atom stereocenters. The van der Waals surface area contributed by atoms with E-state index in [0.717, 1.165) is 28.8 Å². The van der Waals surface area contributed by atoms with E-state index in [1.54, 1.807) is 27.9 Å². The highest BCUT2D eigenvalue weighted by molar-refractivity contribution is 6.01. The van der Waals surface area contributed by atoms with Crippen LogP contribution in [0.2, 0.25) is 0 Å². The minimum atomic E-state index is -4.89. The molecule has 2 heterocycles. The van der Waals surface area contributed by atoms with Crippen molar-refractivity contribution in [2.45, 2.75) is 19.3 Å². The molecule has 37 heavy (non-hydrogen) atoms. The number of alkyl halides is 3. The second-order valence-corrected chi connectivity index (χ2v) is 8.59. The van der Waals surface area contributed by atoms with Crippen molar-refractivity contribution in [1.29, 1.82) is 0 Å². The van der Waals surface area contributed by atoms with Crippen LogP contribution in [0, 0.1) is 10.1 Å². The van der Waals surface area contributed by atoms with Crippen molar-refractivity contribution in [3.8, 4) is 22.6 Å². The van der Waals surface area contributed by atoms with E-state index in [9.17, 15) is 28.1 Å². The number of benzene rings is 3. The first-order chi connectivity index (χ1) is 17.6. The number of hydrogen-bond donors (Lipinski definition) is 0. The van der Waals surface area contributed by atoms with Crippen LogP contribution in [0.15, 0.2) is 73.1 Å². The fourth-order valence-corrected chi connectivity index (χ4v) is 4.25. The quantitative estimate of drug-likeness (QED) is 0.237. The first-order valence-corrected chi connectivity index (χ1v) is 11.1. The third-order valence-corrected chi connectivity index (χ3v) is 6.04. The number of carbonyl (C=O) groups excluding carboxylic acids is 1. The number of amides is 1. The van der Waals surface area contributed by atoms with Crippen molar-refractivity contribution in [2.24, 2.45) is 7.05 Å². The molecule has 0 saturated heterocycles. The number of aromatic nitrogens is 2. The Morgan fingerprint density at radius 3 is 2.46 bits per heavy atom. The zero-order valence-corrected chi connectivity index (χ0v) is 19.4. The molecule has 8 nitrogen and oxygen atoms in total. The first-order valence-electron chi connectivity index (χ1n) is 11.1. The third-order valence-electron chi connectivity index (χ3n) is 6.04. The highest BCUT2D eigenvalue weighted by Gasteiger charge is 2.37. The van der Waals surface area contributed by atoms with E-state index >= 15 is 0 Å². The smallest absolute Gasteiger partial charge is 0.420 e. The summed E-state index contributed by atoms with van der Waals surface area (Å²) in [5, 5.41) is 15.1. The molecule has 0 radical (unpaired) electrons. The Bertz CT molecular complexity index is 1510. The molecule has 0 fully saturated rings. The number of non-ortho nitro benzene ring substituents is 1. The summed E-state index contributed by atoms with van der Waals surface area (Å²) in [4.78, 5) is 24.9. The van der Waals surface area contributed by atoms with Crippen molar-refractivity contribution in [1.82, 2.24) is 14.7 Å². The zero-order chi connectivity index (χ0) is 26.3. The summed E-state index contributed by atoms with van der Waals surface area (Å²) in [7, 11) is 1.83. The van der Waals surface area contributed by atoms with E-state index < -0.39 is 28.1 Å². The number of fused-ring (bicyclic) bond motifs is 1. The molecule has 1 aliphatic heterocycles. The topological polar surface area (TPSA) is 90.5 Å². The molecule has 3 aromatic carbocycles. The van der Waals surface area contributed by atoms with Gasteiger partial charge in [-0.15, -0.1) is 0 Å². The van der Waals surface area contributed by atoms with E-state index in [4.69, 9.17) is 4.74 Å². The fourth-order valence-electron chi connectivity index (χ4n) is 4.25. The summed E-state index contributed by atoms with van der Waals surface area (Å²) < 4.78 is 48.1. The molecule has 11 heteroatoms. The van der Waals surface area contributed by atoms with Crippen LogP contribution in [0.4, 0.5) is 18.9 Å². The van der Waals surface area contributed by atoms with Crippen molar-refractivity contribution in [3.63, 3.8) is 0 Å². The van der Waals surface area contributed by atoms with Crippen molar-refractivity contribution in [2.75, 3.05) is 0 Å². The van der Waals surface area contributed by atoms with Crippen LogP contribution in [0.3, 0.4) is 0 Å². The predicted molar refractivity (Wildman–Crippen MR) is 127 cm³/mol. The highest BCUT2D eigenvalue weighted by Crippen LogP contribution is 2.42. The molecule has 0 unspecified atom stereocenters. The van der Waals surface area contributed by atoms with Crippen LogP contribution in [0.5, 0.6) is 11.5 Å². The number of carbonyl (C=O) groups is 1. The second kappa shape index (κ2) is 9.08. The molecule has 0 spiro atoms. The van der Waals surface area contributed by atoms with Crippen molar-refractivity contribution < 1.29 is 27.6 Å². The Kier molecular flexibility index (Phi) is 5.90. The molecular formula is C26H19F3N4O4. The van der Waals surface area contributed by atoms with E-state index in [-0.39, 0.29) is 23.8 Å². The van der Waals surface area contributed by atoms with Crippen molar-refractivity contribution in [3.05, 3.63) is 105 Å². The Hall–Kier alpha value is -4.67. The summed E-state index contributed by atoms with van der Waals surface area (Å²) in [5.74, 6) is -1.04. The Morgan fingerprint density at radius 2 is 1.81 bits per heavy atom. The molecule has 0 N–H and O–H groups in total. The van der Waals surface area contributed by atoms with Crippen LogP contribution in [0.1, 0.15) is 27.0 Å². The van der Waals surface area contributed by atoms with Gasteiger partial charge in [0.2, 0.25) is 0 Å². The first kappa shape index (κ1) is 24.0. The van der Waals surface area contributed by atoms with Gasteiger partial charge in [0.25, 0.3) is 11.6 Å². The largest absolute Gasteiger partial charge is 0.456 e. The lowest BCUT2D eigenvalue weighted by Crippen LogP contribution is -2.23. The fraction of sp³-hybridized carbons (Fsp3) is 0.154. The third kappa shape index (κ3) is 4.75. The number of rotatable bonds is 6. The molecule has 1 amide bonds. The summed E-state index contributed by atoms with van der Waals surface area (Å²) in [6, 6.07) is 14.6. The molecule has 4 aromatic rings. The van der Waals surface area contributed by atoms with E-state index in [2.05, 4.69) is 5.10 Å². The molecule has 0 saturated carbocycles. The average Bonchev–Trinajstić information content (AvgIpc) is 3.42. The number of nitrogens with zero attached hydrogens (tertiary/aromatic N) is 4. The number of halogens is 3. The van der Waals surface area contributed by atoms with Gasteiger partial charge in [-0.25, -0.2) is 0 Å². The van der Waals surface area contributed by atoms with Gasteiger partial charge in [0, 0.05) is 44.0 Å². The maximum Gasteiger partial charge on any atom is 0.420 e. The lowest BCUT2D eigenvalue weighted by atomic mass is 10.1. The van der Waals surface area contributed by atoms with E-state index in [0.29, 0.717) is 18.2 Å². The number of aryl methyl sites for hydroxylation is 1. The lowest BCUT2D eigenvalue weighted by Gasteiger charge is -2.17. The SMILES string of the molecule is Cn1cc(-c2ccc(CN3Cc4cccc(Oc5ccc([N+](=O)[O-])cc5C(F)(F)F)c4C3=O)cc2)cn1. The molecule has 188 valence electrons. The Morgan fingerprint density at radius 1 is 1.05 bits per heavy atom. The van der Waals surface area contributed by atoms with Crippen LogP contribution in [0.25, 0.3) is 11.1 Å². The zero-order valence-electron chi connectivity index (χ0n) is 19.4. The molecular weight excluding hydrogens is 489 g/mol. The number of nitro benzene ring substituents is 1. The van der Waals surface area contributed by atoms with Crippen LogP contribution >= 0.6 is 0 Å². The van der Waals surface area contributed by atoms with Gasteiger partial charge < -0.3 is 9.64 Å². The summed E-state index contributed by atoms with van der Waals surface area (Å²) >= 11 is 0. The van der Waals surface area contributed by atoms with Gasteiger partial charge >= 0.3 is 6.18 Å². The lowest BCUT2D eigenvalue weighted by molar-refractivity contribution is -0.385. The summed E-state index contributed by atoms with van der Waals surface area (Å²) in [6.45, 7) is 0.563. The maximum absolute atomic E-state index is 13.6. The van der Waals surface area contributed by atoms with Crippen LogP contribution in [-0.2, 0) is 26.3 Å². The number of ether oxygens (including phenoxy) is 1. The molecule has 5 rings (SSSR count). The van der Waals surface area contributed by atoms with Crippen molar-refractivity contribution >= 4 is 11.6 Å². The van der Waals surface area contributed by atoms with Crippen LogP contribution in [-0.4, -0.2) is 25.5 Å². The molecule has 1 aliphatic rings. The molecule has 0 bridgehead atoms. The van der Waals surface area contributed by atoms with Gasteiger partial charge in [0.15, 0.2) is 0 Å². The van der Waals surface area contributed by atoms with Gasteiger partial charge in [0.05, 0.1) is 16.7 Å². The summed E-state index contributed by atoms with van der Waals surface area (Å²) in [6.07, 6.45) is -1.24. The minimum Gasteiger partial charge on any atom is -0.456 e. The maximum atomic E-state index is 13.6.